The Morgan fingerprint density at radius 1 is 1.42 bits per heavy atom. The van der Waals surface area contributed by atoms with Crippen LogP contribution in [0.15, 0.2) is 40.5 Å². The molecule has 10 heteroatoms. The summed E-state index contributed by atoms with van der Waals surface area (Å²) in [5.41, 5.74) is 2.78. The van der Waals surface area contributed by atoms with Gasteiger partial charge < -0.3 is 0 Å². The number of halogens is 2. The number of carbonyl (C=O) groups excluding carboxylic acids is 1. The number of nitrogens with zero attached hydrogens (tertiary/aromatic N) is 3. The topological polar surface area (TPSA) is 75.5 Å². The molecule has 4 rings (SSSR count). The van der Waals surface area contributed by atoms with Gasteiger partial charge in [-0.3, -0.25) is 4.79 Å². The van der Waals surface area contributed by atoms with Crippen molar-refractivity contribution in [3.8, 4) is 5.75 Å². The fourth-order valence-corrected chi connectivity index (χ4v) is 5.91. The van der Waals surface area contributed by atoms with E-state index >= 15 is 0 Å². The zero-order valence-electron chi connectivity index (χ0n) is 17.4. The van der Waals surface area contributed by atoms with Gasteiger partial charge >= 0.3 is 153 Å². The first-order valence-corrected chi connectivity index (χ1v) is 13.5. The number of amidine groups is 1. The van der Waals surface area contributed by atoms with Crippen molar-refractivity contribution in [3.05, 3.63) is 50.7 Å². The summed E-state index contributed by atoms with van der Waals surface area (Å²) in [6.07, 6.45) is 0.391. The summed E-state index contributed by atoms with van der Waals surface area (Å²) in [5.74, 6) is 1.63. The monoisotopic (exact) mass is 573 g/mol. The van der Waals surface area contributed by atoms with Gasteiger partial charge in [-0.05, 0) is 12.1 Å². The number of carbonyl (C=O) groups is 1. The molecule has 0 radical (unpaired) electrons. The average molecular weight is 574 g/mol. The van der Waals surface area contributed by atoms with Crippen molar-refractivity contribution in [1.82, 2.24) is 8.43 Å². The van der Waals surface area contributed by atoms with Gasteiger partial charge in [0.2, 0.25) is 0 Å². The third kappa shape index (κ3) is 5.32. The van der Waals surface area contributed by atoms with Crippen LogP contribution >= 0.6 is 22.9 Å². The molecule has 166 valence electrons. The Labute approximate surface area is 201 Å². The van der Waals surface area contributed by atoms with E-state index < -0.39 is 0 Å². The normalized spacial score (nSPS) is 18.4. The van der Waals surface area contributed by atoms with Gasteiger partial charge in [0.05, 0.1) is 9.21 Å². The van der Waals surface area contributed by atoms with E-state index in [1.807, 2.05) is 26.0 Å². The first kappa shape index (κ1) is 22.3. The maximum absolute atomic E-state index is 12.2. The predicted octanol–water partition coefficient (Wildman–Crippen LogP) is 0.765. The number of oxime groups is 1. The maximum atomic E-state index is 12.2. The van der Waals surface area contributed by atoms with Crippen molar-refractivity contribution < 1.29 is 35.8 Å². The zero-order chi connectivity index (χ0) is 22.0. The fraction of sp³-hybridized carbons (Fsp3) is 0.381. The van der Waals surface area contributed by atoms with E-state index in [0.717, 1.165) is 33.0 Å². The molecule has 1 N–H and O–H groups in total. The van der Waals surface area contributed by atoms with Crippen molar-refractivity contribution in [2.75, 3.05) is 18.1 Å². The number of hydrogen-bond acceptors (Lipinski definition) is 7. The fourth-order valence-electron chi connectivity index (χ4n) is 3.26. The second kappa shape index (κ2) is 9.74. The third-order valence-corrected chi connectivity index (χ3v) is 8.02. The Balaban J connectivity index is 1.44. The molecular formula is C21H23ClIN4O3S-. The molecule has 0 aliphatic carbocycles. The number of aliphatic imine (C=N–C) groups is 1. The van der Waals surface area contributed by atoms with E-state index in [1.165, 1.54) is 11.3 Å². The molecule has 0 spiro atoms. The first-order chi connectivity index (χ1) is 14.9. The van der Waals surface area contributed by atoms with Crippen LogP contribution in [0.2, 0.25) is 4.34 Å². The minimum absolute atomic E-state index is 0.0281. The van der Waals surface area contributed by atoms with E-state index in [1.54, 1.807) is 12.1 Å². The SMILES string of the molecule is CC(C)Oc1cc(C2=NC[I-]N2C)ccc1C1=NOC(CNC(=O)c2ccc(Cl)s2)C1. The zero-order valence-corrected chi connectivity index (χ0v) is 21.1. The second-order valence-electron chi connectivity index (χ2n) is 7.36. The van der Waals surface area contributed by atoms with E-state index in [9.17, 15) is 4.79 Å². The first-order valence-electron chi connectivity index (χ1n) is 9.86. The molecule has 1 aromatic heterocycles. The van der Waals surface area contributed by atoms with Crippen LogP contribution in [0.4, 0.5) is 0 Å². The molecular weight excluding hydrogens is 551 g/mol. The summed E-state index contributed by atoms with van der Waals surface area (Å²) < 4.78 is 9.86. The molecule has 0 saturated heterocycles. The van der Waals surface area contributed by atoms with Crippen LogP contribution in [0.25, 0.3) is 0 Å². The molecule has 2 aliphatic heterocycles. The van der Waals surface area contributed by atoms with Gasteiger partial charge in [-0.2, -0.15) is 0 Å². The van der Waals surface area contributed by atoms with Crippen LogP contribution in [0.1, 0.15) is 41.1 Å². The summed E-state index contributed by atoms with van der Waals surface area (Å²) in [5, 5.41) is 7.17. The number of alkyl halides is 1. The van der Waals surface area contributed by atoms with Gasteiger partial charge in [0, 0.05) is 0 Å². The molecule has 0 saturated carbocycles. The van der Waals surface area contributed by atoms with Crippen molar-refractivity contribution in [1.29, 1.82) is 0 Å². The third-order valence-electron chi connectivity index (χ3n) is 4.67. The summed E-state index contributed by atoms with van der Waals surface area (Å²) in [7, 11) is 2.09. The number of amides is 1. The molecule has 2 aromatic rings. The molecule has 7 nitrogen and oxygen atoms in total. The van der Waals surface area contributed by atoms with Crippen molar-refractivity contribution in [2.24, 2.45) is 10.1 Å². The van der Waals surface area contributed by atoms with Gasteiger partial charge in [0.25, 0.3) is 0 Å². The molecule has 0 fully saturated rings. The van der Waals surface area contributed by atoms with Gasteiger partial charge in [-0.1, -0.05) is 11.6 Å². The van der Waals surface area contributed by atoms with Crippen LogP contribution in [0.5, 0.6) is 5.75 Å². The van der Waals surface area contributed by atoms with Gasteiger partial charge in [-0.25, -0.2) is 0 Å². The van der Waals surface area contributed by atoms with Gasteiger partial charge in [-0.15, -0.1) is 11.3 Å². The number of thiophene rings is 1. The predicted molar refractivity (Wildman–Crippen MR) is 119 cm³/mol. The van der Waals surface area contributed by atoms with Crippen molar-refractivity contribution in [3.63, 3.8) is 0 Å². The quantitative estimate of drug-likeness (QED) is 0.230. The van der Waals surface area contributed by atoms with E-state index in [4.69, 9.17) is 21.2 Å². The standard InChI is InChI=1S/C21H23ClIN4O3S/c1-12(2)29-17-8-13(20-25-11-23-27(20)3)4-5-15(17)16-9-14(30-26-16)10-24-21(28)18-6-7-19(22)31-18/h4-8,12,14H,9-11H2,1-3H3,(H,24,28)/q-1. The Morgan fingerprint density at radius 3 is 2.94 bits per heavy atom. The average Bonchev–Trinajstić information content (AvgIpc) is 3.47. The molecule has 3 heterocycles. The summed E-state index contributed by atoms with van der Waals surface area (Å²) >= 11 is 7.10. The summed E-state index contributed by atoms with van der Waals surface area (Å²) in [4.78, 5) is 23.1. The minimum atomic E-state index is -0.226. The molecule has 1 atom stereocenters. The van der Waals surface area contributed by atoms with Gasteiger partial charge in [0.15, 0.2) is 0 Å². The Bertz CT molecular complexity index is 1040. The number of benzene rings is 1. The summed E-state index contributed by atoms with van der Waals surface area (Å²) in [6, 6.07) is 9.55. The molecule has 31 heavy (non-hydrogen) atoms. The number of rotatable bonds is 7. The van der Waals surface area contributed by atoms with Crippen LogP contribution in [-0.2, 0) is 4.84 Å². The Hall–Kier alpha value is -1.85. The molecule has 2 aliphatic rings. The van der Waals surface area contributed by atoms with Gasteiger partial charge in [0.1, 0.15) is 0 Å². The molecule has 1 unspecified atom stereocenters. The van der Waals surface area contributed by atoms with E-state index in [0.29, 0.717) is 22.2 Å². The van der Waals surface area contributed by atoms with Crippen LogP contribution in [0.3, 0.4) is 0 Å². The Kier molecular flexibility index (Phi) is 7.02. The van der Waals surface area contributed by atoms with E-state index in [-0.39, 0.29) is 39.6 Å². The number of ether oxygens (including phenoxy) is 1. The summed E-state index contributed by atoms with van der Waals surface area (Å²) in [6.45, 7) is 4.37. The molecule has 1 aromatic carbocycles. The van der Waals surface area contributed by atoms with Crippen molar-refractivity contribution >= 4 is 40.4 Å². The molecule has 0 bridgehead atoms. The van der Waals surface area contributed by atoms with Crippen molar-refractivity contribution in [2.45, 2.75) is 32.5 Å². The number of nitrogens with one attached hydrogen (secondary N) is 1. The van der Waals surface area contributed by atoms with E-state index in [2.05, 4.69) is 31.7 Å². The number of hydrogen-bond donors (Lipinski definition) is 1. The Morgan fingerprint density at radius 2 is 2.26 bits per heavy atom. The van der Waals surface area contributed by atoms with Crippen LogP contribution in [0, 0.1) is 0 Å². The molecule has 1 amide bonds. The van der Waals surface area contributed by atoms with Crippen LogP contribution in [-0.4, -0.2) is 50.9 Å². The van der Waals surface area contributed by atoms with Crippen LogP contribution < -0.4 is 31.5 Å². The second-order valence-corrected chi connectivity index (χ2v) is 11.9.